The Kier molecular flexibility index (Phi) is 6.50. The first-order valence-corrected chi connectivity index (χ1v) is 10.6. The predicted octanol–water partition coefficient (Wildman–Crippen LogP) is 5.29. The van der Waals surface area contributed by atoms with Gasteiger partial charge in [0.05, 0.1) is 12.0 Å². The number of nitrogens with zero attached hydrogens (tertiary/aromatic N) is 2. The summed E-state index contributed by atoms with van der Waals surface area (Å²) in [4.78, 5) is 27.2. The van der Waals surface area contributed by atoms with Crippen LogP contribution in [0.5, 0.6) is 11.5 Å². The lowest BCUT2D eigenvalue weighted by Crippen LogP contribution is -2.06. The average molecular weight is 509 g/mol. The minimum absolute atomic E-state index is 0.00599. The number of rotatable bonds is 7. The molecule has 1 aliphatic rings. The fraction of sp³-hybridized carbons (Fsp3) is 0.0833. The third-order valence-corrected chi connectivity index (χ3v) is 5.55. The highest BCUT2D eigenvalue weighted by atomic mass is 79.9. The van der Waals surface area contributed by atoms with Crippen LogP contribution in [0.3, 0.4) is 0 Å². The first-order valence-electron chi connectivity index (χ1n) is 9.77. The number of halogens is 1. The molecular formula is C24H17BrN2O6. The van der Waals surface area contributed by atoms with E-state index in [1.54, 1.807) is 24.3 Å². The van der Waals surface area contributed by atoms with Crippen molar-refractivity contribution in [3.8, 4) is 11.5 Å². The van der Waals surface area contributed by atoms with Gasteiger partial charge in [-0.1, -0.05) is 52.3 Å². The van der Waals surface area contributed by atoms with Crippen LogP contribution < -0.4 is 9.47 Å². The molecule has 1 aliphatic heterocycles. The van der Waals surface area contributed by atoms with Crippen molar-refractivity contribution in [1.82, 2.24) is 0 Å². The maximum absolute atomic E-state index is 12.5. The number of nitro benzene ring substituents is 1. The topological polar surface area (TPSA) is 100 Å². The molecule has 0 amide bonds. The molecule has 166 valence electrons. The van der Waals surface area contributed by atoms with E-state index in [0.29, 0.717) is 22.6 Å². The number of para-hydroxylation sites is 1. The number of non-ortho nitro benzene ring substituents is 1. The Labute approximate surface area is 197 Å². The summed E-state index contributed by atoms with van der Waals surface area (Å²) < 4.78 is 17.6. The van der Waals surface area contributed by atoms with Gasteiger partial charge in [-0.2, -0.15) is 0 Å². The van der Waals surface area contributed by atoms with E-state index in [1.807, 2.05) is 24.3 Å². The summed E-state index contributed by atoms with van der Waals surface area (Å²) in [6.45, 7) is 0.268. The number of esters is 1. The molecular weight excluding hydrogens is 492 g/mol. The molecule has 9 heteroatoms. The van der Waals surface area contributed by atoms with Crippen LogP contribution in [0.1, 0.15) is 16.7 Å². The van der Waals surface area contributed by atoms with Gasteiger partial charge in [0.2, 0.25) is 5.90 Å². The van der Waals surface area contributed by atoms with Gasteiger partial charge >= 0.3 is 5.97 Å². The van der Waals surface area contributed by atoms with Gasteiger partial charge in [0.15, 0.2) is 17.2 Å². The van der Waals surface area contributed by atoms with Crippen molar-refractivity contribution in [1.29, 1.82) is 0 Å². The molecule has 33 heavy (non-hydrogen) atoms. The highest BCUT2D eigenvalue weighted by Crippen LogP contribution is 2.35. The lowest BCUT2D eigenvalue weighted by molar-refractivity contribution is -0.384. The Bertz CT molecular complexity index is 1300. The molecule has 1 heterocycles. The number of hydrogen-bond acceptors (Lipinski definition) is 7. The van der Waals surface area contributed by atoms with E-state index in [2.05, 4.69) is 20.9 Å². The number of carbonyl (C=O) groups is 1. The van der Waals surface area contributed by atoms with E-state index in [-0.39, 0.29) is 23.9 Å². The van der Waals surface area contributed by atoms with Crippen molar-refractivity contribution in [3.63, 3.8) is 0 Å². The van der Waals surface area contributed by atoms with Gasteiger partial charge in [-0.05, 0) is 24.3 Å². The third kappa shape index (κ3) is 4.93. The predicted molar refractivity (Wildman–Crippen MR) is 125 cm³/mol. The average Bonchev–Trinajstić information content (AvgIpc) is 3.19. The van der Waals surface area contributed by atoms with Gasteiger partial charge in [0.25, 0.3) is 5.69 Å². The smallest absolute Gasteiger partial charge is 0.363 e. The molecule has 0 N–H and O–H groups in total. The van der Waals surface area contributed by atoms with Crippen molar-refractivity contribution in [2.45, 2.75) is 6.61 Å². The molecule has 3 aromatic carbocycles. The first kappa shape index (κ1) is 22.2. The van der Waals surface area contributed by atoms with Crippen molar-refractivity contribution < 1.29 is 23.9 Å². The summed E-state index contributed by atoms with van der Waals surface area (Å²) in [6.07, 6.45) is 1.53. The Morgan fingerprint density at radius 1 is 1.12 bits per heavy atom. The Balaban J connectivity index is 1.67. The van der Waals surface area contributed by atoms with Crippen LogP contribution in [0.4, 0.5) is 5.69 Å². The lowest BCUT2D eigenvalue weighted by Gasteiger charge is -2.14. The zero-order valence-corrected chi connectivity index (χ0v) is 18.9. The van der Waals surface area contributed by atoms with Crippen LogP contribution in [0.2, 0.25) is 0 Å². The number of nitro groups is 1. The Morgan fingerprint density at radius 3 is 2.67 bits per heavy atom. The quantitative estimate of drug-likeness (QED) is 0.186. The normalized spacial score (nSPS) is 14.1. The van der Waals surface area contributed by atoms with Crippen LogP contribution in [-0.4, -0.2) is 23.9 Å². The SMILES string of the molecule is COc1cccc(/C=C2\N=C(c3cccc([N+](=O)[O-])c3)OC2=O)c1OCc1ccccc1Br. The maximum Gasteiger partial charge on any atom is 0.363 e. The van der Waals surface area contributed by atoms with Crippen LogP contribution in [-0.2, 0) is 16.1 Å². The maximum atomic E-state index is 12.5. The van der Waals surface area contributed by atoms with Crippen LogP contribution in [0.25, 0.3) is 6.08 Å². The zero-order valence-electron chi connectivity index (χ0n) is 17.4. The fourth-order valence-corrected chi connectivity index (χ4v) is 3.56. The molecule has 4 rings (SSSR count). The number of benzene rings is 3. The highest BCUT2D eigenvalue weighted by molar-refractivity contribution is 9.10. The Hall–Kier alpha value is -3.98. The van der Waals surface area contributed by atoms with Crippen LogP contribution >= 0.6 is 15.9 Å². The molecule has 0 aromatic heterocycles. The van der Waals surface area contributed by atoms with Gasteiger partial charge in [0.1, 0.15) is 6.61 Å². The van der Waals surface area contributed by atoms with E-state index in [0.717, 1.165) is 10.0 Å². The van der Waals surface area contributed by atoms with Crippen LogP contribution in [0, 0.1) is 10.1 Å². The summed E-state index contributed by atoms with van der Waals surface area (Å²) >= 11 is 3.50. The number of methoxy groups -OCH3 is 1. The number of carbonyl (C=O) groups excluding carboxylic acids is 1. The molecule has 0 spiro atoms. The van der Waals surface area contributed by atoms with Crippen molar-refractivity contribution in [2.24, 2.45) is 4.99 Å². The number of cyclic esters (lactones) is 1. The summed E-state index contributed by atoms with van der Waals surface area (Å²) in [5.74, 6) is 0.255. The van der Waals surface area contributed by atoms with Crippen molar-refractivity contribution in [2.75, 3.05) is 7.11 Å². The third-order valence-electron chi connectivity index (χ3n) is 4.78. The molecule has 0 saturated carbocycles. The van der Waals surface area contributed by atoms with Crippen molar-refractivity contribution in [3.05, 3.63) is 104 Å². The van der Waals surface area contributed by atoms with Gasteiger partial charge in [-0.15, -0.1) is 0 Å². The monoisotopic (exact) mass is 508 g/mol. The minimum Gasteiger partial charge on any atom is -0.493 e. The Morgan fingerprint density at radius 2 is 1.91 bits per heavy atom. The van der Waals surface area contributed by atoms with E-state index in [1.165, 1.54) is 31.4 Å². The molecule has 8 nitrogen and oxygen atoms in total. The largest absolute Gasteiger partial charge is 0.493 e. The molecule has 0 bridgehead atoms. The van der Waals surface area contributed by atoms with Gasteiger partial charge in [0, 0.05) is 33.3 Å². The standard InChI is InChI=1S/C24H17BrN2O6/c1-31-21-11-5-7-15(22(21)32-14-17-6-2-3-10-19(17)25)13-20-24(28)33-23(26-20)16-8-4-9-18(12-16)27(29)30/h2-13H,14H2,1H3/b20-13-. The van der Waals surface area contributed by atoms with E-state index >= 15 is 0 Å². The summed E-state index contributed by atoms with van der Waals surface area (Å²) in [6, 6.07) is 18.7. The molecule has 0 saturated heterocycles. The number of aliphatic imine (C=N–C) groups is 1. The molecule has 3 aromatic rings. The zero-order chi connectivity index (χ0) is 23.4. The van der Waals surface area contributed by atoms with Gasteiger partial charge in [-0.3, -0.25) is 10.1 Å². The van der Waals surface area contributed by atoms with E-state index in [4.69, 9.17) is 14.2 Å². The highest BCUT2D eigenvalue weighted by Gasteiger charge is 2.26. The molecule has 0 radical (unpaired) electrons. The summed E-state index contributed by atoms with van der Waals surface area (Å²) in [5, 5.41) is 11.0. The van der Waals surface area contributed by atoms with E-state index in [9.17, 15) is 14.9 Å². The van der Waals surface area contributed by atoms with Crippen molar-refractivity contribution >= 4 is 39.6 Å². The first-order chi connectivity index (χ1) is 16.0. The van der Waals surface area contributed by atoms with Crippen LogP contribution in [0.15, 0.2) is 81.9 Å². The minimum atomic E-state index is -0.670. The molecule has 0 fully saturated rings. The molecule has 0 unspecified atom stereocenters. The van der Waals surface area contributed by atoms with Gasteiger partial charge in [-0.25, -0.2) is 9.79 Å². The molecule has 0 atom stereocenters. The number of hydrogen-bond donors (Lipinski definition) is 0. The van der Waals surface area contributed by atoms with Gasteiger partial charge < -0.3 is 14.2 Å². The molecule has 0 aliphatic carbocycles. The second-order valence-electron chi connectivity index (χ2n) is 6.90. The summed E-state index contributed by atoms with van der Waals surface area (Å²) in [7, 11) is 1.53. The summed E-state index contributed by atoms with van der Waals surface area (Å²) in [5.41, 5.74) is 1.75. The lowest BCUT2D eigenvalue weighted by atomic mass is 10.1. The number of ether oxygens (including phenoxy) is 3. The van der Waals surface area contributed by atoms with E-state index < -0.39 is 10.9 Å². The second-order valence-corrected chi connectivity index (χ2v) is 7.76. The second kappa shape index (κ2) is 9.66. The fourth-order valence-electron chi connectivity index (χ4n) is 3.16.